The molecule has 0 aliphatic carbocycles. The van der Waals surface area contributed by atoms with Crippen LogP contribution < -0.4 is 5.32 Å². The minimum atomic E-state index is 0.0340. The summed E-state index contributed by atoms with van der Waals surface area (Å²) in [6, 6.07) is 16.2. The van der Waals surface area contributed by atoms with Crippen molar-refractivity contribution in [3.05, 3.63) is 84.3 Å². The summed E-state index contributed by atoms with van der Waals surface area (Å²) in [4.78, 5) is 23.6. The zero-order valence-corrected chi connectivity index (χ0v) is 19.2. The Kier molecular flexibility index (Phi) is 6.49. The molecule has 2 aromatic carbocycles. The maximum absolute atomic E-state index is 12.7. The van der Waals surface area contributed by atoms with Gasteiger partial charge in [-0.25, -0.2) is 4.98 Å². The number of aryl methyl sites for hydroxylation is 1. The van der Waals surface area contributed by atoms with Gasteiger partial charge in [-0.1, -0.05) is 41.6 Å². The van der Waals surface area contributed by atoms with Crippen molar-refractivity contribution in [2.45, 2.75) is 32.9 Å². The number of rotatable bonds is 7. The summed E-state index contributed by atoms with van der Waals surface area (Å²) in [5.41, 5.74) is 4.24. The van der Waals surface area contributed by atoms with Gasteiger partial charge in [0, 0.05) is 36.1 Å². The quantitative estimate of drug-likeness (QED) is 0.456. The summed E-state index contributed by atoms with van der Waals surface area (Å²) in [6.07, 6.45) is 7.08. The fourth-order valence-corrected chi connectivity index (χ4v) is 4.33. The Morgan fingerprint density at radius 3 is 2.65 bits per heavy atom. The molecule has 174 valence electrons. The van der Waals surface area contributed by atoms with Crippen LogP contribution in [-0.4, -0.2) is 43.6 Å². The highest BCUT2D eigenvalue weighted by molar-refractivity contribution is 5.78. The monoisotopic (exact) mass is 456 g/mol. The Morgan fingerprint density at radius 2 is 1.91 bits per heavy atom. The van der Waals surface area contributed by atoms with Crippen LogP contribution >= 0.6 is 0 Å². The van der Waals surface area contributed by atoms with Gasteiger partial charge in [0.25, 0.3) is 0 Å². The van der Waals surface area contributed by atoms with Crippen molar-refractivity contribution in [2.24, 2.45) is 5.92 Å². The standard InChI is InChI=1S/C26H28N6O2/c1-19-4-2-3-5-23(19)25-29-24(34-30-25)17-31-13-10-21(11-14-31)26(33)28-16-20-6-8-22(9-7-20)32-15-12-27-18-32/h2-9,12,15,18,21H,10-11,13-14,16-17H2,1H3,(H,28,33). The van der Waals surface area contributed by atoms with Gasteiger partial charge in [-0.15, -0.1) is 0 Å². The number of imidazole rings is 1. The van der Waals surface area contributed by atoms with E-state index in [0.29, 0.717) is 24.8 Å². The maximum atomic E-state index is 12.7. The van der Waals surface area contributed by atoms with E-state index in [1.54, 1.807) is 12.5 Å². The number of aromatic nitrogens is 4. The second-order valence-corrected chi connectivity index (χ2v) is 8.73. The number of hydrogen-bond donors (Lipinski definition) is 1. The summed E-state index contributed by atoms with van der Waals surface area (Å²) >= 11 is 0. The fourth-order valence-electron chi connectivity index (χ4n) is 4.33. The van der Waals surface area contributed by atoms with Gasteiger partial charge in [0.05, 0.1) is 12.9 Å². The van der Waals surface area contributed by atoms with Gasteiger partial charge in [-0.2, -0.15) is 4.98 Å². The van der Waals surface area contributed by atoms with Crippen LogP contribution in [0.4, 0.5) is 0 Å². The Balaban J connectivity index is 1.08. The Hall–Kier alpha value is -3.78. The second kappa shape index (κ2) is 10.0. The number of carbonyl (C=O) groups is 1. The van der Waals surface area contributed by atoms with E-state index in [-0.39, 0.29) is 11.8 Å². The molecule has 4 aromatic rings. The van der Waals surface area contributed by atoms with Crippen LogP contribution in [0, 0.1) is 12.8 Å². The van der Waals surface area contributed by atoms with Crippen LogP contribution in [0.15, 0.2) is 71.8 Å². The van der Waals surface area contributed by atoms with E-state index in [1.165, 1.54) is 0 Å². The summed E-state index contributed by atoms with van der Waals surface area (Å²) < 4.78 is 7.44. The third-order valence-corrected chi connectivity index (χ3v) is 6.38. The van der Waals surface area contributed by atoms with E-state index in [4.69, 9.17) is 4.52 Å². The Morgan fingerprint density at radius 1 is 1.12 bits per heavy atom. The van der Waals surface area contributed by atoms with E-state index in [9.17, 15) is 4.79 Å². The molecule has 1 N–H and O–H groups in total. The van der Waals surface area contributed by atoms with Crippen LogP contribution in [0.3, 0.4) is 0 Å². The van der Waals surface area contributed by atoms with E-state index in [1.807, 2.05) is 66.2 Å². The molecule has 34 heavy (non-hydrogen) atoms. The molecule has 1 aliphatic rings. The lowest BCUT2D eigenvalue weighted by molar-refractivity contribution is -0.126. The Labute approximate surface area is 198 Å². The molecule has 8 nitrogen and oxygen atoms in total. The van der Waals surface area contributed by atoms with Crippen molar-refractivity contribution < 1.29 is 9.32 Å². The molecule has 0 radical (unpaired) electrons. The summed E-state index contributed by atoms with van der Waals surface area (Å²) in [6.45, 7) is 4.85. The van der Waals surface area contributed by atoms with Crippen molar-refractivity contribution in [1.82, 2.24) is 29.9 Å². The molecule has 1 saturated heterocycles. The van der Waals surface area contributed by atoms with Crippen molar-refractivity contribution >= 4 is 5.91 Å². The van der Waals surface area contributed by atoms with E-state index >= 15 is 0 Å². The van der Waals surface area contributed by atoms with Gasteiger partial charge < -0.3 is 14.4 Å². The lowest BCUT2D eigenvalue weighted by atomic mass is 9.96. The molecule has 2 aromatic heterocycles. The predicted molar refractivity (Wildman–Crippen MR) is 128 cm³/mol. The Bertz CT molecular complexity index is 1220. The molecule has 8 heteroatoms. The van der Waals surface area contributed by atoms with E-state index in [0.717, 1.165) is 48.3 Å². The smallest absolute Gasteiger partial charge is 0.241 e. The number of benzene rings is 2. The number of likely N-dealkylation sites (tertiary alicyclic amines) is 1. The third kappa shape index (κ3) is 5.07. The van der Waals surface area contributed by atoms with Crippen LogP contribution in [-0.2, 0) is 17.9 Å². The van der Waals surface area contributed by atoms with Crippen molar-refractivity contribution in [3.8, 4) is 17.1 Å². The van der Waals surface area contributed by atoms with Gasteiger partial charge in [0.1, 0.15) is 0 Å². The predicted octanol–water partition coefficient (Wildman–Crippen LogP) is 3.76. The molecule has 1 aliphatic heterocycles. The van der Waals surface area contributed by atoms with Gasteiger partial charge in [-0.3, -0.25) is 9.69 Å². The summed E-state index contributed by atoms with van der Waals surface area (Å²) in [7, 11) is 0. The average molecular weight is 457 g/mol. The number of nitrogens with zero attached hydrogens (tertiary/aromatic N) is 5. The highest BCUT2D eigenvalue weighted by Crippen LogP contribution is 2.22. The second-order valence-electron chi connectivity index (χ2n) is 8.73. The number of hydrogen-bond acceptors (Lipinski definition) is 6. The minimum absolute atomic E-state index is 0.0340. The van der Waals surface area contributed by atoms with Crippen LogP contribution in [0.25, 0.3) is 17.1 Å². The molecular weight excluding hydrogens is 428 g/mol. The van der Waals surface area contributed by atoms with E-state index < -0.39 is 0 Å². The zero-order valence-electron chi connectivity index (χ0n) is 19.2. The summed E-state index contributed by atoms with van der Waals surface area (Å²) in [5, 5.41) is 7.24. The minimum Gasteiger partial charge on any atom is -0.352 e. The van der Waals surface area contributed by atoms with Crippen molar-refractivity contribution in [1.29, 1.82) is 0 Å². The molecule has 0 unspecified atom stereocenters. The molecule has 1 amide bonds. The lowest BCUT2D eigenvalue weighted by Gasteiger charge is -2.30. The fraction of sp³-hybridized carbons (Fsp3) is 0.308. The van der Waals surface area contributed by atoms with Gasteiger partial charge in [0.2, 0.25) is 17.6 Å². The average Bonchev–Trinajstić information content (AvgIpc) is 3.57. The molecule has 0 bridgehead atoms. The number of nitrogens with one attached hydrogen (secondary N) is 1. The molecule has 0 atom stereocenters. The molecule has 1 fully saturated rings. The first-order chi connectivity index (χ1) is 16.7. The van der Waals surface area contributed by atoms with Crippen LogP contribution in [0.5, 0.6) is 0 Å². The third-order valence-electron chi connectivity index (χ3n) is 6.38. The zero-order chi connectivity index (χ0) is 23.3. The van der Waals surface area contributed by atoms with E-state index in [2.05, 4.69) is 25.3 Å². The molecule has 0 spiro atoms. The molecule has 5 rings (SSSR count). The van der Waals surface area contributed by atoms with Crippen molar-refractivity contribution in [3.63, 3.8) is 0 Å². The number of carbonyl (C=O) groups excluding carboxylic acids is 1. The van der Waals surface area contributed by atoms with Gasteiger partial charge >= 0.3 is 0 Å². The maximum Gasteiger partial charge on any atom is 0.241 e. The first kappa shape index (κ1) is 22.0. The van der Waals surface area contributed by atoms with Crippen LogP contribution in [0.1, 0.15) is 29.9 Å². The number of amides is 1. The van der Waals surface area contributed by atoms with Crippen LogP contribution in [0.2, 0.25) is 0 Å². The largest absolute Gasteiger partial charge is 0.352 e. The molecule has 0 saturated carbocycles. The molecular formula is C26H28N6O2. The highest BCUT2D eigenvalue weighted by Gasteiger charge is 2.26. The first-order valence-corrected chi connectivity index (χ1v) is 11.6. The topological polar surface area (TPSA) is 89.1 Å². The first-order valence-electron chi connectivity index (χ1n) is 11.6. The van der Waals surface area contributed by atoms with Crippen molar-refractivity contribution in [2.75, 3.05) is 13.1 Å². The van der Waals surface area contributed by atoms with Gasteiger partial charge in [0.15, 0.2) is 0 Å². The van der Waals surface area contributed by atoms with Gasteiger partial charge in [-0.05, 0) is 56.1 Å². The lowest BCUT2D eigenvalue weighted by Crippen LogP contribution is -2.40. The summed E-state index contributed by atoms with van der Waals surface area (Å²) in [5.74, 6) is 1.39. The normalized spacial score (nSPS) is 14.9. The number of piperidine rings is 1. The highest BCUT2D eigenvalue weighted by atomic mass is 16.5. The SMILES string of the molecule is Cc1ccccc1-c1noc(CN2CCC(C(=O)NCc3ccc(-n4ccnc4)cc3)CC2)n1. The molecule has 3 heterocycles.